The zero-order chi connectivity index (χ0) is 14.9. The fourth-order valence-electron chi connectivity index (χ4n) is 1.88. The number of esters is 1. The molecule has 1 unspecified atom stereocenters. The van der Waals surface area contributed by atoms with Gasteiger partial charge >= 0.3 is 11.9 Å². The zero-order valence-corrected chi connectivity index (χ0v) is 10.9. The summed E-state index contributed by atoms with van der Waals surface area (Å²) in [5.74, 6) is -2.39. The number of carbonyl (C=O) groups excluding carboxylic acids is 1. The van der Waals surface area contributed by atoms with Crippen molar-refractivity contribution in [3.8, 4) is 0 Å². The molecule has 0 radical (unpaired) electrons. The van der Waals surface area contributed by atoms with Gasteiger partial charge in [0.1, 0.15) is 5.69 Å². The van der Waals surface area contributed by atoms with E-state index in [1.807, 2.05) is 0 Å². The standard InChI is InChI=1S/C11H12N4O5/c1-5-8(11(19)20-2)9-13-12-6(3-4-7(16)17)10(18)15(9)14-5/h8H,3-4H2,1-2H3,(H,16,17). The Balaban J connectivity index is 2.41. The summed E-state index contributed by atoms with van der Waals surface area (Å²) in [4.78, 5) is 34.2. The first-order valence-electron chi connectivity index (χ1n) is 5.79. The first-order valence-corrected chi connectivity index (χ1v) is 5.79. The van der Waals surface area contributed by atoms with Crippen LogP contribution in [0.2, 0.25) is 0 Å². The average molecular weight is 280 g/mol. The van der Waals surface area contributed by atoms with Crippen molar-refractivity contribution in [1.82, 2.24) is 14.9 Å². The van der Waals surface area contributed by atoms with Crippen LogP contribution in [-0.2, 0) is 20.7 Å². The van der Waals surface area contributed by atoms with E-state index in [1.165, 1.54) is 7.11 Å². The lowest BCUT2D eigenvalue weighted by atomic mass is 10.1. The molecular formula is C11H12N4O5. The normalized spacial score (nSPS) is 16.5. The fraction of sp³-hybridized carbons (Fsp3) is 0.455. The molecule has 9 heteroatoms. The number of ether oxygens (including phenoxy) is 1. The Bertz CT molecular complexity index is 663. The van der Waals surface area contributed by atoms with Crippen molar-refractivity contribution in [1.29, 1.82) is 0 Å². The molecule has 0 aromatic carbocycles. The van der Waals surface area contributed by atoms with Crippen LogP contribution in [0.25, 0.3) is 0 Å². The molecule has 1 aliphatic rings. The van der Waals surface area contributed by atoms with Gasteiger partial charge in [-0.1, -0.05) is 0 Å². The number of rotatable bonds is 4. The molecule has 0 aliphatic carbocycles. The van der Waals surface area contributed by atoms with Gasteiger partial charge in [0.05, 0.1) is 19.2 Å². The second-order valence-electron chi connectivity index (χ2n) is 4.21. The molecule has 1 atom stereocenters. The summed E-state index contributed by atoms with van der Waals surface area (Å²) in [6.45, 7) is 1.58. The highest BCUT2D eigenvalue weighted by molar-refractivity contribution is 6.06. The maximum absolute atomic E-state index is 12.1. The van der Waals surface area contributed by atoms with E-state index >= 15 is 0 Å². The molecule has 1 aromatic rings. The number of hydrogen-bond acceptors (Lipinski definition) is 7. The van der Waals surface area contributed by atoms with Crippen molar-refractivity contribution >= 4 is 17.7 Å². The van der Waals surface area contributed by atoms with Crippen LogP contribution in [-0.4, -0.2) is 44.7 Å². The van der Waals surface area contributed by atoms with Gasteiger partial charge in [0.15, 0.2) is 11.7 Å². The largest absolute Gasteiger partial charge is 0.481 e. The maximum atomic E-state index is 12.1. The molecule has 0 saturated carbocycles. The Morgan fingerprint density at radius 3 is 2.70 bits per heavy atom. The average Bonchev–Trinajstić information content (AvgIpc) is 2.74. The van der Waals surface area contributed by atoms with Crippen LogP contribution in [0.15, 0.2) is 9.90 Å². The van der Waals surface area contributed by atoms with Gasteiger partial charge in [-0.15, -0.1) is 10.2 Å². The third-order valence-electron chi connectivity index (χ3n) is 2.88. The number of methoxy groups -OCH3 is 1. The number of carbonyl (C=O) groups is 2. The third kappa shape index (κ3) is 2.29. The minimum atomic E-state index is -1.04. The van der Waals surface area contributed by atoms with E-state index in [0.717, 1.165) is 4.68 Å². The van der Waals surface area contributed by atoms with Gasteiger partial charge in [-0.25, -0.2) is 0 Å². The Hall–Kier alpha value is -2.58. The molecule has 1 aliphatic heterocycles. The molecule has 0 saturated heterocycles. The minimum Gasteiger partial charge on any atom is -0.481 e. The lowest BCUT2D eigenvalue weighted by Gasteiger charge is -2.07. The van der Waals surface area contributed by atoms with E-state index in [4.69, 9.17) is 5.11 Å². The molecule has 9 nitrogen and oxygen atoms in total. The van der Waals surface area contributed by atoms with Crippen LogP contribution in [0.3, 0.4) is 0 Å². The second kappa shape index (κ2) is 5.19. The Morgan fingerprint density at radius 1 is 1.40 bits per heavy atom. The van der Waals surface area contributed by atoms with Crippen molar-refractivity contribution in [2.45, 2.75) is 25.7 Å². The SMILES string of the molecule is COC(=O)C1C(C)=Nn2c1nnc(CCC(=O)O)c2=O. The molecule has 2 heterocycles. The Kier molecular flexibility index (Phi) is 3.59. The maximum Gasteiger partial charge on any atom is 0.322 e. The fourth-order valence-corrected chi connectivity index (χ4v) is 1.88. The van der Waals surface area contributed by atoms with E-state index in [-0.39, 0.29) is 24.4 Å². The molecule has 2 rings (SSSR count). The van der Waals surface area contributed by atoms with E-state index in [9.17, 15) is 14.4 Å². The summed E-state index contributed by atoms with van der Waals surface area (Å²) in [5, 5.41) is 20.1. The highest BCUT2D eigenvalue weighted by atomic mass is 16.5. The van der Waals surface area contributed by atoms with Crippen LogP contribution in [0.5, 0.6) is 0 Å². The summed E-state index contributed by atoms with van der Waals surface area (Å²) >= 11 is 0. The van der Waals surface area contributed by atoms with Gasteiger partial charge in [0.25, 0.3) is 5.56 Å². The van der Waals surface area contributed by atoms with Gasteiger partial charge in [0.2, 0.25) is 0 Å². The predicted molar refractivity (Wildman–Crippen MR) is 65.5 cm³/mol. The van der Waals surface area contributed by atoms with Crippen molar-refractivity contribution in [2.24, 2.45) is 5.10 Å². The second-order valence-corrected chi connectivity index (χ2v) is 4.21. The van der Waals surface area contributed by atoms with Gasteiger partial charge in [-0.2, -0.15) is 9.78 Å². The minimum absolute atomic E-state index is 0.00165. The third-order valence-corrected chi connectivity index (χ3v) is 2.88. The summed E-state index contributed by atoms with van der Waals surface area (Å²) < 4.78 is 5.60. The van der Waals surface area contributed by atoms with E-state index in [2.05, 4.69) is 20.0 Å². The van der Waals surface area contributed by atoms with Gasteiger partial charge in [-0.3, -0.25) is 14.4 Å². The molecule has 0 bridgehead atoms. The van der Waals surface area contributed by atoms with E-state index in [0.29, 0.717) is 5.71 Å². The highest BCUT2D eigenvalue weighted by Gasteiger charge is 2.35. The molecule has 1 N–H and O–H groups in total. The number of hydrogen-bond donors (Lipinski definition) is 1. The lowest BCUT2D eigenvalue weighted by Crippen LogP contribution is -2.28. The van der Waals surface area contributed by atoms with E-state index < -0.39 is 23.4 Å². The number of aryl methyl sites for hydroxylation is 1. The van der Waals surface area contributed by atoms with Crippen molar-refractivity contribution in [3.05, 3.63) is 21.9 Å². The smallest absolute Gasteiger partial charge is 0.322 e. The molecule has 0 spiro atoms. The quantitative estimate of drug-likeness (QED) is 0.712. The number of carboxylic acids is 1. The van der Waals surface area contributed by atoms with Gasteiger partial charge in [0, 0.05) is 6.42 Å². The molecule has 1 aromatic heterocycles. The monoisotopic (exact) mass is 280 g/mol. The highest BCUT2D eigenvalue weighted by Crippen LogP contribution is 2.21. The molecule has 106 valence electrons. The number of aromatic nitrogens is 3. The zero-order valence-electron chi connectivity index (χ0n) is 10.9. The molecular weight excluding hydrogens is 268 g/mol. The van der Waals surface area contributed by atoms with Crippen LogP contribution >= 0.6 is 0 Å². The number of nitrogens with zero attached hydrogens (tertiary/aromatic N) is 4. The lowest BCUT2D eigenvalue weighted by molar-refractivity contribution is -0.141. The number of carboxylic acid groups (broad SMARTS) is 1. The predicted octanol–water partition coefficient (Wildman–Crippen LogP) is -0.850. The topological polar surface area (TPSA) is 124 Å². The van der Waals surface area contributed by atoms with Crippen molar-refractivity contribution < 1.29 is 19.4 Å². The van der Waals surface area contributed by atoms with E-state index in [1.54, 1.807) is 6.92 Å². The van der Waals surface area contributed by atoms with Gasteiger partial charge in [-0.05, 0) is 6.92 Å². The van der Waals surface area contributed by atoms with Crippen LogP contribution in [0.4, 0.5) is 0 Å². The van der Waals surface area contributed by atoms with Crippen molar-refractivity contribution in [3.63, 3.8) is 0 Å². The summed E-state index contributed by atoms with van der Waals surface area (Å²) in [6, 6.07) is 0. The summed E-state index contributed by atoms with van der Waals surface area (Å²) in [5.41, 5.74) is -0.196. The first-order chi connectivity index (χ1) is 9.45. The van der Waals surface area contributed by atoms with Crippen LogP contribution < -0.4 is 5.56 Å². The van der Waals surface area contributed by atoms with Crippen LogP contribution in [0.1, 0.15) is 30.8 Å². The van der Waals surface area contributed by atoms with Gasteiger partial charge < -0.3 is 9.84 Å². The first kappa shape index (κ1) is 13.8. The Morgan fingerprint density at radius 2 is 2.10 bits per heavy atom. The van der Waals surface area contributed by atoms with Crippen molar-refractivity contribution in [2.75, 3.05) is 7.11 Å². The summed E-state index contributed by atoms with van der Waals surface area (Å²) in [6.07, 6.45) is -0.273. The van der Waals surface area contributed by atoms with Crippen LogP contribution in [0, 0.1) is 0 Å². The number of fused-ring (bicyclic) bond motifs is 1. The Labute approximate surface area is 112 Å². The molecule has 0 fully saturated rings. The molecule has 20 heavy (non-hydrogen) atoms. The number of aliphatic carboxylic acids is 1. The summed E-state index contributed by atoms with van der Waals surface area (Å²) in [7, 11) is 1.23. The molecule has 0 amide bonds.